The number of amides is 2. The molecule has 0 saturated carbocycles. The Bertz CT molecular complexity index is 878. The van der Waals surface area contributed by atoms with Crippen LogP contribution in [0.2, 0.25) is 0 Å². The van der Waals surface area contributed by atoms with Crippen LogP contribution in [0, 0.1) is 5.92 Å². The number of rotatable bonds is 7. The number of hydrogen-bond donors (Lipinski definition) is 2. The zero-order chi connectivity index (χ0) is 21.0. The van der Waals surface area contributed by atoms with E-state index in [2.05, 4.69) is 19.2 Å². The highest BCUT2D eigenvalue weighted by molar-refractivity contribution is 6.09. The summed E-state index contributed by atoms with van der Waals surface area (Å²) in [5.74, 6) is -2.91. The lowest BCUT2D eigenvalue weighted by atomic mass is 9.99. The average Bonchev–Trinajstić information content (AvgIpc) is 3.10. The molecular weight excluding hydrogens is 368 g/mol. The van der Waals surface area contributed by atoms with Crippen LogP contribution >= 0.6 is 0 Å². The first-order chi connectivity index (χ1) is 13.9. The molecule has 2 aromatic carbocycles. The zero-order valence-electron chi connectivity index (χ0n) is 16.7. The van der Waals surface area contributed by atoms with E-state index in [9.17, 15) is 19.5 Å². The molecule has 0 aliphatic carbocycles. The van der Waals surface area contributed by atoms with Crippen molar-refractivity contribution in [2.45, 2.75) is 32.1 Å². The van der Waals surface area contributed by atoms with Gasteiger partial charge in [-0.2, -0.15) is 0 Å². The lowest BCUT2D eigenvalue weighted by molar-refractivity contribution is -0.138. The number of benzene rings is 2. The second-order valence-electron chi connectivity index (χ2n) is 7.62. The van der Waals surface area contributed by atoms with Gasteiger partial charge in [0.2, 0.25) is 11.8 Å². The van der Waals surface area contributed by atoms with Crippen molar-refractivity contribution in [3.8, 4) is 0 Å². The Morgan fingerprint density at radius 2 is 1.72 bits per heavy atom. The van der Waals surface area contributed by atoms with E-state index in [0.29, 0.717) is 24.4 Å². The second-order valence-corrected chi connectivity index (χ2v) is 7.62. The highest BCUT2D eigenvalue weighted by Gasteiger charge is 2.38. The number of nitrogens with zero attached hydrogens (tertiary/aromatic N) is 1. The van der Waals surface area contributed by atoms with Crippen molar-refractivity contribution >= 4 is 23.5 Å². The van der Waals surface area contributed by atoms with E-state index in [1.54, 1.807) is 35.2 Å². The average molecular weight is 394 g/mol. The predicted octanol–water partition coefficient (Wildman–Crippen LogP) is 3.15. The van der Waals surface area contributed by atoms with E-state index in [0.717, 1.165) is 5.69 Å². The molecular formula is C23H26N2O4. The molecule has 1 aliphatic heterocycles. The van der Waals surface area contributed by atoms with Gasteiger partial charge in [-0.05, 0) is 35.6 Å². The van der Waals surface area contributed by atoms with Crippen LogP contribution in [0.1, 0.15) is 43.2 Å². The molecule has 1 fully saturated rings. The van der Waals surface area contributed by atoms with Crippen molar-refractivity contribution in [3.63, 3.8) is 0 Å². The molecule has 1 heterocycles. The van der Waals surface area contributed by atoms with Gasteiger partial charge in [-0.3, -0.25) is 14.4 Å². The van der Waals surface area contributed by atoms with Crippen LogP contribution in [-0.4, -0.2) is 36.0 Å². The molecule has 2 atom stereocenters. The third-order valence-corrected chi connectivity index (χ3v) is 5.37. The van der Waals surface area contributed by atoms with Crippen LogP contribution in [-0.2, 0) is 14.4 Å². The summed E-state index contributed by atoms with van der Waals surface area (Å²) >= 11 is 0. The van der Waals surface area contributed by atoms with E-state index in [1.807, 2.05) is 24.3 Å². The molecule has 6 nitrogen and oxygen atoms in total. The summed E-state index contributed by atoms with van der Waals surface area (Å²) in [5.41, 5.74) is 2.59. The molecule has 2 aromatic rings. The maximum absolute atomic E-state index is 12.8. The van der Waals surface area contributed by atoms with Gasteiger partial charge in [0, 0.05) is 18.8 Å². The number of carbonyl (C=O) groups excluding carboxylic acids is 2. The standard InChI is InChI=1S/C23H26N2O4/c1-15(2)16-8-10-18(11-9-16)25-13-12-19(22(25)27)21(26)24-14-20(23(28)29)17-6-4-3-5-7-17/h3-11,15,19-20H,12-14H2,1-2H3,(H,24,26)(H,28,29). The largest absolute Gasteiger partial charge is 0.481 e. The predicted molar refractivity (Wildman–Crippen MR) is 111 cm³/mol. The van der Waals surface area contributed by atoms with Gasteiger partial charge in [0.25, 0.3) is 0 Å². The van der Waals surface area contributed by atoms with Crippen molar-refractivity contribution in [2.75, 3.05) is 18.0 Å². The Balaban J connectivity index is 1.63. The van der Waals surface area contributed by atoms with Gasteiger partial charge in [-0.15, -0.1) is 0 Å². The molecule has 2 unspecified atom stereocenters. The molecule has 2 N–H and O–H groups in total. The molecule has 0 radical (unpaired) electrons. The van der Waals surface area contributed by atoms with Crippen molar-refractivity contribution in [3.05, 3.63) is 65.7 Å². The first-order valence-corrected chi connectivity index (χ1v) is 9.85. The number of hydrogen-bond acceptors (Lipinski definition) is 3. The Kier molecular flexibility index (Phi) is 6.32. The van der Waals surface area contributed by atoms with Crippen LogP contribution in [0.5, 0.6) is 0 Å². The third-order valence-electron chi connectivity index (χ3n) is 5.37. The number of carbonyl (C=O) groups is 3. The number of aliphatic carboxylic acids is 1. The summed E-state index contributed by atoms with van der Waals surface area (Å²) in [6.07, 6.45) is 0.416. The van der Waals surface area contributed by atoms with Crippen molar-refractivity contribution in [1.29, 1.82) is 0 Å². The van der Waals surface area contributed by atoms with Gasteiger partial charge in [-0.25, -0.2) is 0 Å². The van der Waals surface area contributed by atoms with E-state index in [4.69, 9.17) is 0 Å². The molecule has 152 valence electrons. The molecule has 0 spiro atoms. The molecule has 6 heteroatoms. The molecule has 1 saturated heterocycles. The topological polar surface area (TPSA) is 86.7 Å². The Morgan fingerprint density at radius 1 is 1.07 bits per heavy atom. The molecule has 0 bridgehead atoms. The quantitative estimate of drug-likeness (QED) is 0.707. The van der Waals surface area contributed by atoms with E-state index in [-0.39, 0.29) is 12.5 Å². The summed E-state index contributed by atoms with van der Waals surface area (Å²) in [6.45, 7) is 4.64. The van der Waals surface area contributed by atoms with E-state index in [1.165, 1.54) is 5.56 Å². The fourth-order valence-corrected chi connectivity index (χ4v) is 3.58. The van der Waals surface area contributed by atoms with Crippen molar-refractivity contribution in [1.82, 2.24) is 5.32 Å². The number of carboxylic acids is 1. The van der Waals surface area contributed by atoms with Crippen LogP contribution in [0.3, 0.4) is 0 Å². The van der Waals surface area contributed by atoms with Gasteiger partial charge in [0.05, 0.1) is 5.92 Å². The van der Waals surface area contributed by atoms with E-state index < -0.39 is 23.7 Å². The molecule has 1 aliphatic rings. The Labute approximate surface area is 170 Å². The number of anilines is 1. The third kappa shape index (κ3) is 4.65. The van der Waals surface area contributed by atoms with Crippen molar-refractivity contribution < 1.29 is 19.5 Å². The SMILES string of the molecule is CC(C)c1ccc(N2CCC(C(=O)NCC(C(=O)O)c3ccccc3)C2=O)cc1. The highest BCUT2D eigenvalue weighted by atomic mass is 16.4. The van der Waals surface area contributed by atoms with Gasteiger partial charge >= 0.3 is 5.97 Å². The minimum absolute atomic E-state index is 0.0506. The number of nitrogens with one attached hydrogen (secondary N) is 1. The minimum Gasteiger partial charge on any atom is -0.481 e. The summed E-state index contributed by atoms with van der Waals surface area (Å²) < 4.78 is 0. The Hall–Kier alpha value is -3.15. The lowest BCUT2D eigenvalue weighted by Crippen LogP contribution is -2.39. The molecule has 3 rings (SSSR count). The first-order valence-electron chi connectivity index (χ1n) is 9.85. The van der Waals surface area contributed by atoms with Gasteiger partial charge in [0.15, 0.2) is 0 Å². The van der Waals surface area contributed by atoms with Gasteiger partial charge in [-0.1, -0.05) is 56.3 Å². The molecule has 0 aromatic heterocycles. The first kappa shape index (κ1) is 20.6. The lowest BCUT2D eigenvalue weighted by Gasteiger charge is -2.18. The smallest absolute Gasteiger partial charge is 0.312 e. The monoisotopic (exact) mass is 394 g/mol. The van der Waals surface area contributed by atoms with Crippen LogP contribution in [0.15, 0.2) is 54.6 Å². The summed E-state index contributed by atoms with van der Waals surface area (Å²) in [7, 11) is 0. The van der Waals surface area contributed by atoms with Gasteiger partial charge < -0.3 is 15.3 Å². The molecule has 2 amide bonds. The van der Waals surface area contributed by atoms with E-state index >= 15 is 0 Å². The highest BCUT2D eigenvalue weighted by Crippen LogP contribution is 2.27. The summed E-state index contributed by atoms with van der Waals surface area (Å²) in [4.78, 5) is 38.6. The fraction of sp³-hybridized carbons (Fsp3) is 0.348. The number of carboxylic acid groups (broad SMARTS) is 1. The van der Waals surface area contributed by atoms with Crippen molar-refractivity contribution in [2.24, 2.45) is 5.92 Å². The Morgan fingerprint density at radius 3 is 2.31 bits per heavy atom. The maximum atomic E-state index is 12.8. The van der Waals surface area contributed by atoms with Crippen LogP contribution in [0.25, 0.3) is 0 Å². The molecule has 29 heavy (non-hydrogen) atoms. The summed E-state index contributed by atoms with van der Waals surface area (Å²) in [5, 5.41) is 12.1. The maximum Gasteiger partial charge on any atom is 0.312 e. The fourth-order valence-electron chi connectivity index (χ4n) is 3.58. The van der Waals surface area contributed by atoms with Gasteiger partial charge in [0.1, 0.15) is 5.92 Å². The minimum atomic E-state index is -1.01. The van der Waals surface area contributed by atoms with Crippen LogP contribution in [0.4, 0.5) is 5.69 Å². The second kappa shape index (κ2) is 8.90. The zero-order valence-corrected chi connectivity index (χ0v) is 16.7. The normalized spacial score (nSPS) is 17.4. The summed E-state index contributed by atoms with van der Waals surface area (Å²) in [6, 6.07) is 16.6. The van der Waals surface area contributed by atoms with Crippen LogP contribution < -0.4 is 10.2 Å².